The number of carbonyl (C=O) groups is 1. The molecule has 0 fully saturated rings. The Bertz CT molecular complexity index is 1110. The molecule has 1 N–H and O–H groups in total. The van der Waals surface area contributed by atoms with Crippen LogP contribution in [0.4, 0.5) is 0 Å². The molecule has 0 atom stereocenters. The van der Waals surface area contributed by atoms with E-state index >= 15 is 0 Å². The van der Waals surface area contributed by atoms with Crippen LogP contribution in [-0.4, -0.2) is 27.6 Å². The fraction of sp³-hybridized carbons (Fsp3) is 0.100. The molecule has 0 saturated carbocycles. The van der Waals surface area contributed by atoms with Gasteiger partial charge in [-0.25, -0.2) is 4.98 Å². The summed E-state index contributed by atoms with van der Waals surface area (Å²) < 4.78 is 10.9. The largest absolute Gasteiger partial charge is 0.467 e. The second kappa shape index (κ2) is 8.06. The number of aromatic nitrogens is 3. The first kappa shape index (κ1) is 17.9. The van der Waals surface area contributed by atoms with Gasteiger partial charge < -0.3 is 14.6 Å². The summed E-state index contributed by atoms with van der Waals surface area (Å²) in [6, 6.07) is 16.8. The standard InChI is InChI=1S/C20H15ClN4O3/c21-15-9-5-4-8-14(15)10-22-16(26)11-27-19-17-18(13-6-2-1-3-7-13)25-28-20(17)24-12-23-19/h1-9,12H,10-11H2,(H,22,26). The molecule has 2 aromatic heterocycles. The van der Waals surface area contributed by atoms with Gasteiger partial charge in [0.15, 0.2) is 6.61 Å². The predicted octanol–water partition coefficient (Wildman–Crippen LogP) is 3.63. The number of ether oxygens (including phenoxy) is 1. The molecular weight excluding hydrogens is 380 g/mol. The van der Waals surface area contributed by atoms with E-state index in [1.807, 2.05) is 48.5 Å². The zero-order valence-electron chi connectivity index (χ0n) is 14.6. The molecule has 0 aliphatic rings. The summed E-state index contributed by atoms with van der Waals surface area (Å²) in [5, 5.41) is 7.95. The van der Waals surface area contributed by atoms with Crippen LogP contribution in [-0.2, 0) is 11.3 Å². The lowest BCUT2D eigenvalue weighted by Crippen LogP contribution is -2.28. The number of hydrogen-bond acceptors (Lipinski definition) is 6. The van der Waals surface area contributed by atoms with Gasteiger partial charge in [0.1, 0.15) is 17.4 Å². The summed E-state index contributed by atoms with van der Waals surface area (Å²) in [5.74, 6) is -0.0672. The van der Waals surface area contributed by atoms with Gasteiger partial charge in [-0.05, 0) is 11.6 Å². The molecule has 1 amide bonds. The van der Waals surface area contributed by atoms with E-state index in [-0.39, 0.29) is 18.4 Å². The smallest absolute Gasteiger partial charge is 0.265 e. The van der Waals surface area contributed by atoms with Crippen LogP contribution in [0.5, 0.6) is 5.88 Å². The van der Waals surface area contributed by atoms with Crippen LogP contribution in [0.25, 0.3) is 22.4 Å². The second-order valence-corrected chi connectivity index (χ2v) is 6.32. The van der Waals surface area contributed by atoms with E-state index in [4.69, 9.17) is 20.9 Å². The Balaban J connectivity index is 1.48. The van der Waals surface area contributed by atoms with Crippen LogP contribution >= 0.6 is 11.6 Å². The Hall–Kier alpha value is -3.45. The molecule has 7 nitrogen and oxygen atoms in total. The molecule has 0 aliphatic carbocycles. The Kier molecular flexibility index (Phi) is 5.16. The molecular formula is C20H15ClN4O3. The normalized spacial score (nSPS) is 10.8. The van der Waals surface area contributed by atoms with E-state index in [0.29, 0.717) is 28.4 Å². The number of fused-ring (bicyclic) bond motifs is 1. The van der Waals surface area contributed by atoms with Crippen LogP contribution in [0.15, 0.2) is 65.4 Å². The minimum absolute atomic E-state index is 0.212. The minimum atomic E-state index is -0.301. The first-order valence-corrected chi connectivity index (χ1v) is 8.89. The van der Waals surface area contributed by atoms with Crippen molar-refractivity contribution in [2.24, 2.45) is 0 Å². The highest BCUT2D eigenvalue weighted by molar-refractivity contribution is 6.31. The molecule has 0 bridgehead atoms. The molecule has 8 heteroatoms. The van der Waals surface area contributed by atoms with E-state index in [1.54, 1.807) is 6.07 Å². The molecule has 0 aliphatic heterocycles. The third kappa shape index (κ3) is 3.79. The summed E-state index contributed by atoms with van der Waals surface area (Å²) in [6.07, 6.45) is 1.30. The number of hydrogen-bond donors (Lipinski definition) is 1. The molecule has 0 spiro atoms. The van der Waals surface area contributed by atoms with Gasteiger partial charge in [-0.15, -0.1) is 0 Å². The van der Waals surface area contributed by atoms with Crippen molar-refractivity contribution in [3.05, 3.63) is 71.5 Å². The van der Waals surface area contributed by atoms with Crippen LogP contribution < -0.4 is 10.1 Å². The summed E-state index contributed by atoms with van der Waals surface area (Å²) in [5.41, 5.74) is 2.51. The molecule has 28 heavy (non-hydrogen) atoms. The van der Waals surface area contributed by atoms with E-state index in [2.05, 4.69) is 20.4 Å². The summed E-state index contributed by atoms with van der Waals surface area (Å²) >= 11 is 6.09. The van der Waals surface area contributed by atoms with Crippen LogP contribution in [0.2, 0.25) is 5.02 Å². The van der Waals surface area contributed by atoms with Crippen LogP contribution in [0.3, 0.4) is 0 Å². The fourth-order valence-corrected chi connectivity index (χ4v) is 2.89. The van der Waals surface area contributed by atoms with E-state index < -0.39 is 0 Å². The van der Waals surface area contributed by atoms with Crippen molar-refractivity contribution in [1.29, 1.82) is 0 Å². The number of rotatable bonds is 6. The quantitative estimate of drug-likeness (QED) is 0.537. The molecule has 4 rings (SSSR count). The van der Waals surface area contributed by atoms with Gasteiger partial charge in [0.25, 0.3) is 11.6 Å². The minimum Gasteiger partial charge on any atom is -0.467 e. The highest BCUT2D eigenvalue weighted by atomic mass is 35.5. The lowest BCUT2D eigenvalue weighted by Gasteiger charge is -2.08. The topological polar surface area (TPSA) is 90.1 Å². The monoisotopic (exact) mass is 394 g/mol. The third-order valence-electron chi connectivity index (χ3n) is 4.06. The van der Waals surface area contributed by atoms with Gasteiger partial charge in [0, 0.05) is 17.1 Å². The number of halogens is 1. The van der Waals surface area contributed by atoms with Crippen molar-refractivity contribution in [3.8, 4) is 17.1 Å². The molecule has 140 valence electrons. The van der Waals surface area contributed by atoms with Crippen molar-refractivity contribution in [2.45, 2.75) is 6.54 Å². The highest BCUT2D eigenvalue weighted by Gasteiger charge is 2.18. The summed E-state index contributed by atoms with van der Waals surface area (Å²) in [7, 11) is 0. The van der Waals surface area contributed by atoms with Gasteiger partial charge in [-0.2, -0.15) is 4.98 Å². The number of carbonyl (C=O) groups excluding carboxylic acids is 1. The van der Waals surface area contributed by atoms with Crippen LogP contribution in [0.1, 0.15) is 5.56 Å². The van der Waals surface area contributed by atoms with E-state index in [1.165, 1.54) is 6.33 Å². The molecule has 2 heterocycles. The van der Waals surface area contributed by atoms with Crippen molar-refractivity contribution in [1.82, 2.24) is 20.4 Å². The third-order valence-corrected chi connectivity index (χ3v) is 4.43. The van der Waals surface area contributed by atoms with Gasteiger partial charge in [-0.3, -0.25) is 4.79 Å². The van der Waals surface area contributed by atoms with Gasteiger partial charge >= 0.3 is 0 Å². The molecule has 0 saturated heterocycles. The van der Waals surface area contributed by atoms with Crippen molar-refractivity contribution >= 4 is 28.6 Å². The van der Waals surface area contributed by atoms with Crippen molar-refractivity contribution in [2.75, 3.05) is 6.61 Å². The second-order valence-electron chi connectivity index (χ2n) is 5.91. The Labute approximate surface area is 165 Å². The van der Waals surface area contributed by atoms with E-state index in [9.17, 15) is 4.79 Å². The summed E-state index contributed by atoms with van der Waals surface area (Å²) in [6.45, 7) is 0.0968. The lowest BCUT2D eigenvalue weighted by molar-refractivity contribution is -0.123. The Morgan fingerprint density at radius 1 is 1.07 bits per heavy atom. The SMILES string of the molecule is O=C(COc1ncnc2onc(-c3ccccc3)c12)NCc1ccccc1Cl. The van der Waals surface area contributed by atoms with E-state index in [0.717, 1.165) is 11.1 Å². The lowest BCUT2D eigenvalue weighted by atomic mass is 10.1. The zero-order chi connectivity index (χ0) is 19.3. The Morgan fingerprint density at radius 2 is 1.86 bits per heavy atom. The molecule has 0 unspecified atom stereocenters. The maximum Gasteiger partial charge on any atom is 0.265 e. The number of amides is 1. The average molecular weight is 395 g/mol. The first-order valence-electron chi connectivity index (χ1n) is 8.51. The maximum atomic E-state index is 12.2. The Morgan fingerprint density at radius 3 is 2.68 bits per heavy atom. The fourth-order valence-electron chi connectivity index (χ4n) is 2.68. The van der Waals surface area contributed by atoms with Gasteiger partial charge in [-0.1, -0.05) is 65.3 Å². The van der Waals surface area contributed by atoms with Gasteiger partial charge in [0.2, 0.25) is 5.88 Å². The number of nitrogens with zero attached hydrogens (tertiary/aromatic N) is 3. The predicted molar refractivity (Wildman–Crippen MR) is 104 cm³/mol. The first-order chi connectivity index (χ1) is 13.7. The zero-order valence-corrected chi connectivity index (χ0v) is 15.4. The number of nitrogens with one attached hydrogen (secondary N) is 1. The number of benzene rings is 2. The van der Waals surface area contributed by atoms with Gasteiger partial charge in [0.05, 0.1) is 0 Å². The van der Waals surface area contributed by atoms with Crippen LogP contribution in [0, 0.1) is 0 Å². The highest BCUT2D eigenvalue weighted by Crippen LogP contribution is 2.32. The molecule has 2 aromatic carbocycles. The summed E-state index contributed by atoms with van der Waals surface area (Å²) in [4.78, 5) is 20.4. The average Bonchev–Trinajstić information content (AvgIpc) is 3.17. The van der Waals surface area contributed by atoms with Crippen molar-refractivity contribution < 1.29 is 14.1 Å². The maximum absolute atomic E-state index is 12.2. The van der Waals surface area contributed by atoms with Crippen molar-refractivity contribution in [3.63, 3.8) is 0 Å². The molecule has 4 aromatic rings. The molecule has 0 radical (unpaired) electrons.